The second-order valence-corrected chi connectivity index (χ2v) is 4.11. The Bertz CT molecular complexity index is 462. The largest absolute Gasteiger partial charge is 0.379 e. The van der Waals surface area contributed by atoms with Gasteiger partial charge in [-0.05, 0) is 12.0 Å². The first-order valence-electron chi connectivity index (χ1n) is 5.62. The van der Waals surface area contributed by atoms with Crippen molar-refractivity contribution in [2.24, 2.45) is 5.92 Å². The maximum absolute atomic E-state index is 10.9. The molecule has 0 radical (unpaired) electrons. The van der Waals surface area contributed by atoms with Gasteiger partial charge in [0.25, 0.3) is 11.4 Å². The highest BCUT2D eigenvalue weighted by molar-refractivity contribution is 5.65. The van der Waals surface area contributed by atoms with Crippen LogP contribution < -0.4 is 5.32 Å². The smallest absolute Gasteiger partial charge is 0.299 e. The summed E-state index contributed by atoms with van der Waals surface area (Å²) in [5.74, 6) is 0.375. The highest BCUT2D eigenvalue weighted by Crippen LogP contribution is 2.29. The third-order valence-electron chi connectivity index (χ3n) is 2.73. The minimum absolute atomic E-state index is 0.271. The van der Waals surface area contributed by atoms with Crippen LogP contribution in [0.3, 0.4) is 0 Å². The molecule has 0 aliphatic rings. The molecule has 0 spiro atoms. The summed E-state index contributed by atoms with van der Waals surface area (Å²) in [5.41, 5.74) is -0.241. The van der Waals surface area contributed by atoms with Gasteiger partial charge in [-0.15, -0.1) is 0 Å². The van der Waals surface area contributed by atoms with Crippen molar-refractivity contribution in [3.8, 4) is 0 Å². The zero-order valence-electron chi connectivity index (χ0n) is 10.3. The molecule has 18 heavy (non-hydrogen) atoms. The van der Waals surface area contributed by atoms with Gasteiger partial charge in [-0.3, -0.25) is 20.2 Å². The first-order valence-corrected chi connectivity index (χ1v) is 5.62. The van der Waals surface area contributed by atoms with Crippen molar-refractivity contribution in [1.82, 2.24) is 0 Å². The van der Waals surface area contributed by atoms with Crippen LogP contribution in [-0.4, -0.2) is 16.4 Å². The van der Waals surface area contributed by atoms with Gasteiger partial charge in [-0.1, -0.05) is 20.3 Å². The predicted octanol–water partition coefficient (Wildman–Crippen LogP) is 2.96. The summed E-state index contributed by atoms with van der Waals surface area (Å²) < 4.78 is 0. The van der Waals surface area contributed by atoms with E-state index in [1.165, 1.54) is 12.1 Å². The average molecular weight is 253 g/mol. The maximum atomic E-state index is 10.9. The van der Waals surface area contributed by atoms with Crippen molar-refractivity contribution in [3.63, 3.8) is 0 Å². The second-order valence-electron chi connectivity index (χ2n) is 4.11. The van der Waals surface area contributed by atoms with Gasteiger partial charge in [-0.2, -0.15) is 0 Å². The predicted molar refractivity (Wildman–Crippen MR) is 67.7 cm³/mol. The summed E-state index contributed by atoms with van der Waals surface area (Å²) in [7, 11) is 0. The first kappa shape index (κ1) is 13.9. The lowest BCUT2D eigenvalue weighted by atomic mass is 10.1. The molecule has 0 aliphatic heterocycles. The molecule has 0 saturated heterocycles. The molecule has 0 bridgehead atoms. The van der Waals surface area contributed by atoms with Crippen LogP contribution >= 0.6 is 0 Å². The number of anilines is 1. The molecule has 0 amide bonds. The second kappa shape index (κ2) is 5.95. The van der Waals surface area contributed by atoms with Gasteiger partial charge in [-0.25, -0.2) is 0 Å². The molecular formula is C11H15N3O4. The highest BCUT2D eigenvalue weighted by Gasteiger charge is 2.19. The number of benzene rings is 1. The Morgan fingerprint density at radius 1 is 1.28 bits per heavy atom. The standard InChI is InChI=1S/C11H15N3O4/c1-3-8(2)7-12-10-5-4-9(13(15)16)6-11(10)14(17)18/h4-6,8,12H,3,7H2,1-2H3. The number of nitrogens with zero attached hydrogens (tertiary/aromatic N) is 2. The van der Waals surface area contributed by atoms with E-state index in [-0.39, 0.29) is 11.4 Å². The molecule has 1 N–H and O–H groups in total. The van der Waals surface area contributed by atoms with Gasteiger partial charge in [0.1, 0.15) is 5.69 Å². The number of nitrogens with one attached hydrogen (secondary N) is 1. The SMILES string of the molecule is CCC(C)CNc1ccc([N+](=O)[O-])cc1[N+](=O)[O-]. The van der Waals surface area contributed by atoms with Crippen LogP contribution in [0.15, 0.2) is 18.2 Å². The Labute approximate surface area is 104 Å². The van der Waals surface area contributed by atoms with E-state index in [9.17, 15) is 20.2 Å². The van der Waals surface area contributed by atoms with E-state index < -0.39 is 9.85 Å². The molecular weight excluding hydrogens is 238 g/mol. The number of hydrogen-bond acceptors (Lipinski definition) is 5. The lowest BCUT2D eigenvalue weighted by Crippen LogP contribution is -2.11. The molecule has 7 nitrogen and oxygen atoms in total. The summed E-state index contributed by atoms with van der Waals surface area (Å²) in [4.78, 5) is 20.1. The minimum Gasteiger partial charge on any atom is -0.379 e. The molecule has 0 aliphatic carbocycles. The minimum atomic E-state index is -0.647. The fraction of sp³-hybridized carbons (Fsp3) is 0.455. The van der Waals surface area contributed by atoms with Crippen LogP contribution in [0.2, 0.25) is 0 Å². The Hall–Kier alpha value is -2.18. The zero-order chi connectivity index (χ0) is 13.7. The van der Waals surface area contributed by atoms with Crippen LogP contribution in [0, 0.1) is 26.1 Å². The topological polar surface area (TPSA) is 98.3 Å². The normalized spacial score (nSPS) is 11.9. The number of nitro benzene ring substituents is 2. The van der Waals surface area contributed by atoms with Crippen LogP contribution in [0.5, 0.6) is 0 Å². The van der Waals surface area contributed by atoms with Crippen molar-refractivity contribution >= 4 is 17.1 Å². The van der Waals surface area contributed by atoms with Crippen molar-refractivity contribution in [2.75, 3.05) is 11.9 Å². The van der Waals surface area contributed by atoms with Crippen LogP contribution in [-0.2, 0) is 0 Å². The third kappa shape index (κ3) is 3.41. The maximum Gasteiger partial charge on any atom is 0.299 e. The van der Waals surface area contributed by atoms with Crippen LogP contribution in [0.25, 0.3) is 0 Å². The van der Waals surface area contributed by atoms with E-state index in [0.717, 1.165) is 12.5 Å². The molecule has 1 atom stereocenters. The summed E-state index contributed by atoms with van der Waals surface area (Å²) in [6.07, 6.45) is 0.952. The van der Waals surface area contributed by atoms with Gasteiger partial charge < -0.3 is 5.32 Å². The van der Waals surface area contributed by atoms with Crippen LogP contribution in [0.4, 0.5) is 17.1 Å². The van der Waals surface area contributed by atoms with E-state index in [2.05, 4.69) is 5.32 Å². The molecule has 0 aromatic heterocycles. The van der Waals surface area contributed by atoms with Crippen molar-refractivity contribution in [2.45, 2.75) is 20.3 Å². The molecule has 7 heteroatoms. The number of nitro groups is 2. The van der Waals surface area contributed by atoms with E-state index in [1.807, 2.05) is 13.8 Å². The summed E-state index contributed by atoms with van der Waals surface area (Å²) in [6.45, 7) is 4.63. The average Bonchev–Trinajstić information content (AvgIpc) is 2.35. The highest BCUT2D eigenvalue weighted by atomic mass is 16.6. The van der Waals surface area contributed by atoms with E-state index in [4.69, 9.17) is 0 Å². The molecule has 0 heterocycles. The molecule has 1 aromatic carbocycles. The Balaban J connectivity index is 2.97. The Morgan fingerprint density at radius 2 is 1.94 bits per heavy atom. The molecule has 1 aromatic rings. The van der Waals surface area contributed by atoms with Gasteiger partial charge in [0.05, 0.1) is 15.9 Å². The molecule has 98 valence electrons. The van der Waals surface area contributed by atoms with Gasteiger partial charge in [0, 0.05) is 12.6 Å². The summed E-state index contributed by atoms with van der Waals surface area (Å²) >= 11 is 0. The van der Waals surface area contributed by atoms with Gasteiger partial charge in [0.2, 0.25) is 0 Å². The monoisotopic (exact) mass is 253 g/mol. The number of rotatable bonds is 6. The van der Waals surface area contributed by atoms with Gasteiger partial charge in [0.15, 0.2) is 0 Å². The van der Waals surface area contributed by atoms with E-state index >= 15 is 0 Å². The Morgan fingerprint density at radius 3 is 2.44 bits per heavy atom. The molecule has 1 unspecified atom stereocenters. The summed E-state index contributed by atoms with van der Waals surface area (Å²) in [6, 6.07) is 3.60. The Kier molecular flexibility index (Phi) is 4.59. The van der Waals surface area contributed by atoms with Crippen molar-refractivity contribution < 1.29 is 9.85 Å². The summed E-state index contributed by atoms with van der Waals surface area (Å²) in [5, 5.41) is 24.4. The lowest BCUT2D eigenvalue weighted by Gasteiger charge is -2.11. The molecule has 0 saturated carbocycles. The van der Waals surface area contributed by atoms with Gasteiger partial charge >= 0.3 is 0 Å². The first-order chi connectivity index (χ1) is 8.45. The molecule has 0 fully saturated rings. The van der Waals surface area contributed by atoms with Crippen LogP contribution in [0.1, 0.15) is 20.3 Å². The zero-order valence-corrected chi connectivity index (χ0v) is 10.3. The molecule has 1 rings (SSSR count). The van der Waals surface area contributed by atoms with Crippen molar-refractivity contribution in [3.05, 3.63) is 38.4 Å². The quantitative estimate of drug-likeness (QED) is 0.620. The number of non-ortho nitro benzene ring substituents is 1. The fourth-order valence-corrected chi connectivity index (χ4v) is 1.36. The number of hydrogen-bond donors (Lipinski definition) is 1. The fourth-order valence-electron chi connectivity index (χ4n) is 1.36. The van der Waals surface area contributed by atoms with E-state index in [0.29, 0.717) is 18.2 Å². The lowest BCUT2D eigenvalue weighted by molar-refractivity contribution is -0.393. The van der Waals surface area contributed by atoms with E-state index in [1.54, 1.807) is 0 Å². The van der Waals surface area contributed by atoms with Crippen molar-refractivity contribution in [1.29, 1.82) is 0 Å². The third-order valence-corrected chi connectivity index (χ3v) is 2.73.